The van der Waals surface area contributed by atoms with Crippen LogP contribution in [0.5, 0.6) is 5.75 Å². The highest BCUT2D eigenvalue weighted by molar-refractivity contribution is 5.80. The first-order chi connectivity index (χ1) is 16.9. The molecule has 0 saturated heterocycles. The van der Waals surface area contributed by atoms with Crippen LogP contribution in [-0.4, -0.2) is 17.5 Å². The average molecular weight is 479 g/mol. The van der Waals surface area contributed by atoms with E-state index in [2.05, 4.69) is 64.3 Å². The molecule has 1 aliphatic carbocycles. The van der Waals surface area contributed by atoms with Crippen LogP contribution in [0.25, 0.3) is 0 Å². The lowest BCUT2D eigenvalue weighted by Crippen LogP contribution is -2.25. The fourth-order valence-electron chi connectivity index (χ4n) is 5.20. The molecule has 1 saturated carbocycles. The van der Waals surface area contributed by atoms with E-state index in [0.717, 1.165) is 36.1 Å². The van der Waals surface area contributed by atoms with Crippen LogP contribution in [0.3, 0.4) is 0 Å². The minimum atomic E-state index is 0.0734. The van der Waals surface area contributed by atoms with Crippen molar-refractivity contribution in [3.05, 3.63) is 78.4 Å². The van der Waals surface area contributed by atoms with Crippen LogP contribution in [0.1, 0.15) is 101 Å². The molecule has 0 aromatic heterocycles. The second-order valence-electron chi connectivity index (χ2n) is 10.4. The zero-order valence-electron chi connectivity index (χ0n) is 22.2. The Kier molecular flexibility index (Phi) is 12.3. The number of benzene rings is 2. The molecule has 0 aliphatic heterocycles. The third-order valence-electron chi connectivity index (χ3n) is 7.40. The van der Waals surface area contributed by atoms with E-state index in [1.54, 1.807) is 0 Å². The maximum absolute atomic E-state index is 12.4. The maximum atomic E-state index is 12.4. The Morgan fingerprint density at radius 3 is 2.49 bits per heavy atom. The third kappa shape index (κ3) is 8.65. The van der Waals surface area contributed by atoms with Crippen molar-refractivity contribution in [1.82, 2.24) is 0 Å². The van der Waals surface area contributed by atoms with Crippen LogP contribution >= 0.6 is 0 Å². The Balaban J connectivity index is 0.00000210. The standard InChI is InChI=1S/C30H42O3.C2H4/c1-4-5-6-10-18-30(2,3)25-14-16-27(28-21-26(32)15-13-24(28)17-19-31)29(20-25)33-22-23-11-8-7-9-12-23;1-2/h7-9,11-12,14,16,20,24,28,31H,4-6,10,13,15,17-19,21-22H2,1-3H3;1-2H2/t24-,28+;/m1./s1. The van der Waals surface area contributed by atoms with Crippen LogP contribution < -0.4 is 4.74 Å². The number of hydrogen-bond donors (Lipinski definition) is 1. The largest absolute Gasteiger partial charge is 0.489 e. The molecule has 35 heavy (non-hydrogen) atoms. The summed E-state index contributed by atoms with van der Waals surface area (Å²) in [5, 5.41) is 9.63. The van der Waals surface area contributed by atoms with Gasteiger partial charge in [-0.05, 0) is 59.3 Å². The van der Waals surface area contributed by atoms with Gasteiger partial charge in [0.15, 0.2) is 0 Å². The van der Waals surface area contributed by atoms with Crippen molar-refractivity contribution in [3.8, 4) is 5.75 Å². The summed E-state index contributed by atoms with van der Waals surface area (Å²) in [7, 11) is 0. The van der Waals surface area contributed by atoms with Gasteiger partial charge in [-0.2, -0.15) is 0 Å². The minimum Gasteiger partial charge on any atom is -0.489 e. The number of unbranched alkanes of at least 4 members (excludes halogenated alkanes) is 3. The summed E-state index contributed by atoms with van der Waals surface area (Å²) in [4.78, 5) is 12.4. The first-order valence-corrected chi connectivity index (χ1v) is 13.4. The van der Waals surface area contributed by atoms with Gasteiger partial charge in [0.2, 0.25) is 0 Å². The molecule has 0 radical (unpaired) electrons. The molecule has 2 aromatic carbocycles. The topological polar surface area (TPSA) is 46.5 Å². The van der Waals surface area contributed by atoms with Gasteiger partial charge in [0.25, 0.3) is 0 Å². The minimum absolute atomic E-state index is 0.0734. The van der Waals surface area contributed by atoms with Gasteiger partial charge in [-0.25, -0.2) is 0 Å². The van der Waals surface area contributed by atoms with Gasteiger partial charge in [-0.1, -0.05) is 88.9 Å². The fraction of sp³-hybridized carbons (Fsp3) is 0.531. The number of aliphatic hydroxyl groups excluding tert-OH is 1. The Morgan fingerprint density at radius 1 is 1.06 bits per heavy atom. The van der Waals surface area contributed by atoms with Gasteiger partial charge in [-0.3, -0.25) is 4.79 Å². The summed E-state index contributed by atoms with van der Waals surface area (Å²) in [5.41, 5.74) is 3.64. The summed E-state index contributed by atoms with van der Waals surface area (Å²) >= 11 is 0. The number of ether oxygens (including phenoxy) is 1. The average Bonchev–Trinajstić information content (AvgIpc) is 2.88. The highest BCUT2D eigenvalue weighted by Crippen LogP contribution is 2.43. The Hall–Kier alpha value is -2.39. The van der Waals surface area contributed by atoms with Crippen molar-refractivity contribution in [2.75, 3.05) is 6.61 Å². The second-order valence-corrected chi connectivity index (χ2v) is 10.4. The summed E-state index contributed by atoms with van der Waals surface area (Å²) in [6, 6.07) is 16.9. The predicted molar refractivity (Wildman–Crippen MR) is 147 cm³/mol. The van der Waals surface area contributed by atoms with Crippen molar-refractivity contribution in [2.45, 2.75) is 96.5 Å². The van der Waals surface area contributed by atoms with E-state index in [1.165, 1.54) is 31.2 Å². The van der Waals surface area contributed by atoms with Crippen molar-refractivity contribution < 1.29 is 14.6 Å². The normalized spacial score (nSPS) is 18.0. The SMILES string of the molecule is C=C.CCCCCCC(C)(C)c1ccc([C@H]2CC(=O)CC[C@@H]2CCO)c(OCc2ccccc2)c1. The van der Waals surface area contributed by atoms with Crippen LogP contribution in [0.2, 0.25) is 0 Å². The van der Waals surface area contributed by atoms with E-state index in [0.29, 0.717) is 31.1 Å². The quantitative estimate of drug-likeness (QED) is 0.247. The van der Waals surface area contributed by atoms with E-state index in [1.807, 2.05) is 18.2 Å². The van der Waals surface area contributed by atoms with Crippen molar-refractivity contribution in [1.29, 1.82) is 0 Å². The lowest BCUT2D eigenvalue weighted by Gasteiger charge is -2.33. The maximum Gasteiger partial charge on any atom is 0.133 e. The Morgan fingerprint density at radius 2 is 1.80 bits per heavy atom. The zero-order chi connectivity index (χ0) is 25.7. The molecule has 2 aromatic rings. The molecule has 0 unspecified atom stereocenters. The molecule has 1 aliphatic rings. The van der Waals surface area contributed by atoms with Gasteiger partial charge < -0.3 is 9.84 Å². The first kappa shape index (κ1) is 28.8. The molecule has 192 valence electrons. The second kappa shape index (κ2) is 14.9. The molecule has 0 amide bonds. The molecule has 0 spiro atoms. The van der Waals surface area contributed by atoms with E-state index in [-0.39, 0.29) is 17.9 Å². The van der Waals surface area contributed by atoms with Crippen LogP contribution in [0, 0.1) is 5.92 Å². The molecule has 3 rings (SSSR count). The van der Waals surface area contributed by atoms with Crippen LogP contribution in [0.15, 0.2) is 61.7 Å². The van der Waals surface area contributed by atoms with Crippen molar-refractivity contribution >= 4 is 5.78 Å². The molecule has 1 fully saturated rings. The number of hydrogen-bond acceptors (Lipinski definition) is 3. The first-order valence-electron chi connectivity index (χ1n) is 13.4. The highest BCUT2D eigenvalue weighted by atomic mass is 16.5. The molecule has 1 N–H and O–H groups in total. The van der Waals surface area contributed by atoms with Gasteiger partial charge in [0, 0.05) is 19.4 Å². The van der Waals surface area contributed by atoms with Crippen LogP contribution in [0.4, 0.5) is 0 Å². The number of carbonyl (C=O) groups is 1. The lowest BCUT2D eigenvalue weighted by molar-refractivity contribution is -0.121. The molecular formula is C32H46O3. The molecular weight excluding hydrogens is 432 g/mol. The monoisotopic (exact) mass is 478 g/mol. The van der Waals surface area contributed by atoms with E-state index in [4.69, 9.17) is 4.74 Å². The Labute approximate surface area is 213 Å². The zero-order valence-corrected chi connectivity index (χ0v) is 22.2. The van der Waals surface area contributed by atoms with E-state index >= 15 is 0 Å². The molecule has 2 atom stereocenters. The number of carbonyl (C=O) groups excluding carboxylic acids is 1. The van der Waals surface area contributed by atoms with Crippen molar-refractivity contribution in [3.63, 3.8) is 0 Å². The highest BCUT2D eigenvalue weighted by Gasteiger charge is 2.33. The summed E-state index contributed by atoms with van der Waals surface area (Å²) in [6.45, 7) is 13.6. The van der Waals surface area contributed by atoms with Crippen molar-refractivity contribution in [2.24, 2.45) is 5.92 Å². The fourth-order valence-corrected chi connectivity index (χ4v) is 5.20. The Bertz CT molecular complexity index is 887. The number of Topliss-reactive ketones (excluding diaryl/α,β-unsaturated/α-hetero) is 1. The van der Waals surface area contributed by atoms with E-state index < -0.39 is 0 Å². The number of aliphatic hydroxyl groups is 1. The smallest absolute Gasteiger partial charge is 0.133 e. The van der Waals surface area contributed by atoms with Gasteiger partial charge in [0.05, 0.1) is 0 Å². The van der Waals surface area contributed by atoms with Gasteiger partial charge in [-0.15, -0.1) is 13.2 Å². The third-order valence-corrected chi connectivity index (χ3v) is 7.40. The van der Waals surface area contributed by atoms with E-state index in [9.17, 15) is 9.90 Å². The molecule has 3 nitrogen and oxygen atoms in total. The molecule has 3 heteroatoms. The van der Waals surface area contributed by atoms with Gasteiger partial charge >= 0.3 is 0 Å². The predicted octanol–water partition coefficient (Wildman–Crippen LogP) is 8.15. The van der Waals surface area contributed by atoms with Gasteiger partial charge in [0.1, 0.15) is 18.1 Å². The summed E-state index contributed by atoms with van der Waals surface area (Å²) in [6.07, 6.45) is 8.98. The van der Waals surface area contributed by atoms with Crippen LogP contribution in [-0.2, 0) is 16.8 Å². The lowest BCUT2D eigenvalue weighted by atomic mass is 9.72. The molecule has 0 heterocycles. The number of ketones is 1. The summed E-state index contributed by atoms with van der Waals surface area (Å²) < 4.78 is 6.44. The molecule has 0 bridgehead atoms. The summed E-state index contributed by atoms with van der Waals surface area (Å²) in [5.74, 6) is 1.66. The number of rotatable bonds is 12.